The number of methoxy groups -OCH3 is 1. The van der Waals surface area contributed by atoms with Crippen molar-refractivity contribution in [2.75, 3.05) is 13.7 Å². The molecule has 13 heteroatoms. The van der Waals surface area contributed by atoms with Crippen LogP contribution in [0.1, 0.15) is 56.0 Å². The van der Waals surface area contributed by atoms with Gasteiger partial charge in [0.25, 0.3) is 0 Å². The number of halogens is 4. The molecule has 2 saturated carbocycles. The van der Waals surface area contributed by atoms with Crippen LogP contribution in [0.15, 0.2) is 67.0 Å². The molecule has 3 aliphatic rings. The van der Waals surface area contributed by atoms with E-state index in [1.807, 2.05) is 18.2 Å². The van der Waals surface area contributed by atoms with E-state index in [4.69, 9.17) is 14.2 Å². The number of benzene rings is 2. The molecule has 0 radical (unpaired) electrons. The van der Waals surface area contributed by atoms with Crippen LogP contribution in [-0.4, -0.2) is 75.9 Å². The van der Waals surface area contributed by atoms with Crippen molar-refractivity contribution in [2.24, 2.45) is 5.92 Å². The number of aromatic nitrogens is 2. The van der Waals surface area contributed by atoms with E-state index in [1.54, 1.807) is 43.3 Å². The fourth-order valence-corrected chi connectivity index (χ4v) is 7.39. The third kappa shape index (κ3) is 7.11. The molecule has 9 nitrogen and oxygen atoms in total. The van der Waals surface area contributed by atoms with Gasteiger partial charge in [-0.05, 0) is 68.2 Å². The number of hydrogen-bond donors (Lipinski definition) is 0. The standard InChI is InChI=1S/C35H38F4N4O5/c1-22-14-29(42(32(44)35(37,38)39)19-23-8-10-27(46-2)11-9-23)30(43(22)33(45)48-20-24-6-4-3-5-7-24)21-47-28-12-13-34(16-25(34)15-28)31-40-17-26(36)18-41-31/h3-11,17-18,22,25,28-30H,12-16,19-21H2,1-2H3/t22-,25-,28-,29+,30+,34-/m1/s1. The van der Waals surface area contributed by atoms with Crippen LogP contribution in [-0.2, 0) is 32.8 Å². The molecule has 3 aromatic rings. The van der Waals surface area contributed by atoms with E-state index in [0.29, 0.717) is 30.0 Å². The molecule has 0 bridgehead atoms. The minimum atomic E-state index is -5.14. The maximum atomic E-state index is 14.1. The summed E-state index contributed by atoms with van der Waals surface area (Å²) in [5.41, 5.74) is 1.02. The van der Waals surface area contributed by atoms with Gasteiger partial charge in [-0.15, -0.1) is 0 Å². The van der Waals surface area contributed by atoms with Crippen LogP contribution in [0.4, 0.5) is 22.4 Å². The largest absolute Gasteiger partial charge is 0.497 e. The van der Waals surface area contributed by atoms with Crippen molar-refractivity contribution >= 4 is 12.0 Å². The summed E-state index contributed by atoms with van der Waals surface area (Å²) < 4.78 is 73.0. The summed E-state index contributed by atoms with van der Waals surface area (Å²) in [6.07, 6.45) is -0.740. The number of fused-ring (bicyclic) bond motifs is 1. The Bertz CT molecular complexity index is 1580. The van der Waals surface area contributed by atoms with Crippen LogP contribution >= 0.6 is 0 Å². The lowest BCUT2D eigenvalue weighted by molar-refractivity contribution is -0.189. The van der Waals surface area contributed by atoms with Crippen LogP contribution < -0.4 is 4.74 Å². The minimum absolute atomic E-state index is 0.0178. The Morgan fingerprint density at radius 2 is 1.73 bits per heavy atom. The Hall–Kier alpha value is -4.26. The van der Waals surface area contributed by atoms with Gasteiger partial charge in [-0.1, -0.05) is 42.5 Å². The number of likely N-dealkylation sites (tertiary alicyclic amines) is 1. The maximum absolute atomic E-state index is 14.1. The molecule has 48 heavy (non-hydrogen) atoms. The highest BCUT2D eigenvalue weighted by Crippen LogP contribution is 2.61. The molecule has 1 saturated heterocycles. The summed E-state index contributed by atoms with van der Waals surface area (Å²) in [5, 5.41) is 0. The van der Waals surface area contributed by atoms with Crippen LogP contribution in [0.3, 0.4) is 0 Å². The highest BCUT2D eigenvalue weighted by molar-refractivity contribution is 5.82. The lowest BCUT2D eigenvalue weighted by Crippen LogP contribution is -2.54. The number of carbonyl (C=O) groups is 2. The number of nitrogens with zero attached hydrogens (tertiary/aromatic N) is 4. The molecule has 2 heterocycles. The zero-order chi connectivity index (χ0) is 34.1. The first-order valence-electron chi connectivity index (χ1n) is 16.1. The Morgan fingerprint density at radius 1 is 1.02 bits per heavy atom. The van der Waals surface area contributed by atoms with Crippen molar-refractivity contribution < 1.29 is 41.4 Å². The van der Waals surface area contributed by atoms with Gasteiger partial charge < -0.3 is 19.1 Å². The van der Waals surface area contributed by atoms with Crippen molar-refractivity contribution in [3.05, 3.63) is 89.8 Å². The number of hydrogen-bond acceptors (Lipinski definition) is 7. The molecule has 1 aromatic heterocycles. The monoisotopic (exact) mass is 670 g/mol. The highest BCUT2D eigenvalue weighted by atomic mass is 19.4. The zero-order valence-corrected chi connectivity index (χ0v) is 26.7. The van der Waals surface area contributed by atoms with Crippen LogP contribution in [0.5, 0.6) is 5.75 Å². The van der Waals surface area contributed by atoms with Crippen molar-refractivity contribution in [2.45, 2.75) is 88.0 Å². The molecular formula is C35H38F4N4O5. The Kier molecular flexibility index (Phi) is 9.60. The molecule has 2 amide bonds. The highest BCUT2D eigenvalue weighted by Gasteiger charge is 2.60. The molecular weight excluding hydrogens is 632 g/mol. The lowest BCUT2D eigenvalue weighted by Gasteiger charge is -2.37. The summed E-state index contributed by atoms with van der Waals surface area (Å²) >= 11 is 0. The fourth-order valence-electron chi connectivity index (χ4n) is 7.39. The Morgan fingerprint density at radius 3 is 2.38 bits per heavy atom. The van der Waals surface area contributed by atoms with Gasteiger partial charge in [0.2, 0.25) is 0 Å². The van der Waals surface area contributed by atoms with Gasteiger partial charge >= 0.3 is 18.2 Å². The Labute approximate surface area is 276 Å². The molecule has 2 aliphatic carbocycles. The van der Waals surface area contributed by atoms with Crippen LogP contribution in [0.25, 0.3) is 0 Å². The van der Waals surface area contributed by atoms with E-state index in [1.165, 1.54) is 24.4 Å². The van der Waals surface area contributed by atoms with Gasteiger partial charge in [-0.2, -0.15) is 13.2 Å². The molecule has 1 aliphatic heterocycles. The van der Waals surface area contributed by atoms with E-state index in [2.05, 4.69) is 9.97 Å². The molecule has 6 atom stereocenters. The van der Waals surface area contributed by atoms with Crippen molar-refractivity contribution in [3.8, 4) is 5.75 Å². The topological polar surface area (TPSA) is 94.1 Å². The van der Waals surface area contributed by atoms with Gasteiger partial charge in [0.05, 0.1) is 44.3 Å². The van der Waals surface area contributed by atoms with E-state index in [-0.39, 0.29) is 43.6 Å². The van der Waals surface area contributed by atoms with E-state index >= 15 is 0 Å². The Balaban J connectivity index is 1.22. The molecule has 0 spiro atoms. The zero-order valence-electron chi connectivity index (χ0n) is 26.7. The number of ether oxygens (including phenoxy) is 3. The van der Waals surface area contributed by atoms with Crippen molar-refractivity contribution in [1.29, 1.82) is 0 Å². The van der Waals surface area contributed by atoms with E-state index < -0.39 is 42.1 Å². The second kappa shape index (κ2) is 13.7. The molecule has 0 unspecified atom stereocenters. The number of rotatable bonds is 10. The summed E-state index contributed by atoms with van der Waals surface area (Å²) in [5.74, 6) is -1.12. The van der Waals surface area contributed by atoms with Gasteiger partial charge in [0.1, 0.15) is 18.2 Å². The first kappa shape index (κ1) is 33.6. The van der Waals surface area contributed by atoms with Crippen molar-refractivity contribution in [3.63, 3.8) is 0 Å². The molecule has 256 valence electrons. The van der Waals surface area contributed by atoms with Gasteiger partial charge in [0, 0.05) is 18.0 Å². The normalized spacial score (nSPS) is 26.5. The summed E-state index contributed by atoms with van der Waals surface area (Å²) in [6.45, 7) is 1.31. The summed E-state index contributed by atoms with van der Waals surface area (Å²) in [4.78, 5) is 37.3. The first-order chi connectivity index (χ1) is 23.0. The fraction of sp³-hybridized carbons (Fsp3) is 0.486. The predicted octanol–water partition coefficient (Wildman–Crippen LogP) is 6.21. The van der Waals surface area contributed by atoms with Gasteiger partial charge in [-0.3, -0.25) is 9.69 Å². The maximum Gasteiger partial charge on any atom is 0.471 e. The van der Waals surface area contributed by atoms with E-state index in [0.717, 1.165) is 23.3 Å². The predicted molar refractivity (Wildman–Crippen MR) is 165 cm³/mol. The average Bonchev–Trinajstić information content (AvgIpc) is 3.73. The number of alkyl halides is 3. The number of carbonyl (C=O) groups excluding carboxylic acids is 2. The SMILES string of the molecule is COc1ccc(CN(C(=O)C(F)(F)F)[C@H]2C[C@@H](C)N(C(=O)OCc3ccccc3)[C@H]2CO[C@@H]2CC[C@@]3(c4ncc(F)cn4)C[C@H]3C2)cc1. The third-order valence-corrected chi connectivity index (χ3v) is 9.95. The third-order valence-electron chi connectivity index (χ3n) is 9.95. The summed E-state index contributed by atoms with van der Waals surface area (Å²) in [7, 11) is 1.48. The van der Waals surface area contributed by atoms with Crippen LogP contribution in [0, 0.1) is 11.7 Å². The second-order valence-electron chi connectivity index (χ2n) is 13.0. The average molecular weight is 671 g/mol. The molecule has 6 rings (SSSR count). The molecule has 0 N–H and O–H groups in total. The van der Waals surface area contributed by atoms with E-state index in [9.17, 15) is 27.2 Å². The van der Waals surface area contributed by atoms with Crippen molar-refractivity contribution in [1.82, 2.24) is 19.8 Å². The second-order valence-corrected chi connectivity index (χ2v) is 13.0. The number of amides is 2. The van der Waals surface area contributed by atoms with Gasteiger partial charge in [0.15, 0.2) is 5.82 Å². The summed E-state index contributed by atoms with van der Waals surface area (Å²) in [6, 6.07) is 13.1. The minimum Gasteiger partial charge on any atom is -0.497 e. The molecule has 3 fully saturated rings. The van der Waals surface area contributed by atoms with Gasteiger partial charge in [-0.25, -0.2) is 19.2 Å². The quantitative estimate of drug-likeness (QED) is 0.237. The lowest BCUT2D eigenvalue weighted by atomic mass is 9.86. The first-order valence-corrected chi connectivity index (χ1v) is 16.1. The molecule has 2 aromatic carbocycles. The smallest absolute Gasteiger partial charge is 0.471 e. The van der Waals surface area contributed by atoms with Crippen LogP contribution in [0.2, 0.25) is 0 Å².